The zero-order valence-corrected chi connectivity index (χ0v) is 20.7. The zero-order chi connectivity index (χ0) is 23.5. The lowest BCUT2D eigenvalue weighted by molar-refractivity contribution is 0.590. The second-order valence-corrected chi connectivity index (χ2v) is 11.3. The quantitative estimate of drug-likeness (QED) is 0.280. The van der Waals surface area contributed by atoms with E-state index in [4.69, 9.17) is 0 Å². The molecule has 1 N–H and O–H groups in total. The maximum Gasteiger partial charge on any atom is 0.108 e. The standard InChI is InChI=1S/C30H33N3/c1-29(2,3)21-10-11-23-20(17-21)16-19-8-9-22(30(4,5)6)18-24(19)28(23)27-13-12-25(31-27)26-14-15-33(7)32-26/h8-18,31H,1-7H3. The fourth-order valence-electron chi connectivity index (χ4n) is 4.59. The smallest absolute Gasteiger partial charge is 0.108 e. The van der Waals surface area contributed by atoms with Crippen molar-refractivity contribution in [1.29, 1.82) is 0 Å². The first-order valence-electron chi connectivity index (χ1n) is 11.7. The molecule has 2 heterocycles. The summed E-state index contributed by atoms with van der Waals surface area (Å²) in [4.78, 5) is 3.67. The average molecular weight is 436 g/mol. The highest BCUT2D eigenvalue weighted by atomic mass is 15.2. The van der Waals surface area contributed by atoms with Crippen molar-refractivity contribution in [3.8, 4) is 22.6 Å². The molecule has 0 aliphatic heterocycles. The third kappa shape index (κ3) is 3.86. The fraction of sp³-hybridized carbons (Fsp3) is 0.300. The van der Waals surface area contributed by atoms with Gasteiger partial charge >= 0.3 is 0 Å². The van der Waals surface area contributed by atoms with Crippen LogP contribution in [0.15, 0.2) is 66.9 Å². The highest BCUT2D eigenvalue weighted by Gasteiger charge is 2.19. The Labute approximate surface area is 196 Å². The van der Waals surface area contributed by atoms with E-state index in [2.05, 4.69) is 106 Å². The van der Waals surface area contributed by atoms with Gasteiger partial charge in [-0.25, -0.2) is 0 Å². The topological polar surface area (TPSA) is 33.6 Å². The van der Waals surface area contributed by atoms with Gasteiger partial charge in [0.25, 0.3) is 0 Å². The van der Waals surface area contributed by atoms with Crippen LogP contribution in [-0.2, 0) is 17.9 Å². The van der Waals surface area contributed by atoms with Crippen molar-refractivity contribution in [3.63, 3.8) is 0 Å². The van der Waals surface area contributed by atoms with Crippen LogP contribution in [0, 0.1) is 0 Å². The number of nitrogens with one attached hydrogen (secondary N) is 1. The molecule has 5 rings (SSSR count). The lowest BCUT2D eigenvalue weighted by Gasteiger charge is -2.22. The molecule has 0 spiro atoms. The van der Waals surface area contributed by atoms with Crippen LogP contribution in [0.2, 0.25) is 0 Å². The van der Waals surface area contributed by atoms with Crippen molar-refractivity contribution in [2.24, 2.45) is 7.05 Å². The van der Waals surface area contributed by atoms with E-state index in [1.807, 2.05) is 24.0 Å². The van der Waals surface area contributed by atoms with E-state index in [0.29, 0.717) is 0 Å². The van der Waals surface area contributed by atoms with E-state index >= 15 is 0 Å². The maximum atomic E-state index is 4.58. The first kappa shape index (κ1) is 21.5. The zero-order valence-electron chi connectivity index (χ0n) is 20.7. The number of H-pyrrole nitrogens is 1. The molecule has 3 heteroatoms. The Balaban J connectivity index is 1.81. The Morgan fingerprint density at radius 3 is 2.00 bits per heavy atom. The molecule has 5 aromatic rings. The number of aromatic nitrogens is 3. The molecule has 3 aromatic carbocycles. The van der Waals surface area contributed by atoms with Crippen LogP contribution in [0.3, 0.4) is 0 Å². The first-order chi connectivity index (χ1) is 15.5. The highest BCUT2D eigenvalue weighted by molar-refractivity contribution is 6.12. The Hall–Kier alpha value is -3.33. The van der Waals surface area contributed by atoms with Gasteiger partial charge in [0.2, 0.25) is 0 Å². The fourth-order valence-corrected chi connectivity index (χ4v) is 4.59. The summed E-state index contributed by atoms with van der Waals surface area (Å²) in [5.41, 5.74) is 7.28. The Kier molecular flexibility index (Phi) is 4.79. The summed E-state index contributed by atoms with van der Waals surface area (Å²) in [6, 6.07) is 22.6. The van der Waals surface area contributed by atoms with Gasteiger partial charge in [-0.1, -0.05) is 71.9 Å². The Bertz CT molecular complexity index is 1480. The molecule has 0 saturated carbocycles. The van der Waals surface area contributed by atoms with Gasteiger partial charge < -0.3 is 4.98 Å². The molecule has 0 atom stereocenters. The number of aromatic amines is 1. The van der Waals surface area contributed by atoms with Gasteiger partial charge in [0, 0.05) is 24.5 Å². The van der Waals surface area contributed by atoms with E-state index in [-0.39, 0.29) is 10.8 Å². The second-order valence-electron chi connectivity index (χ2n) is 11.3. The minimum atomic E-state index is 0.0887. The summed E-state index contributed by atoms with van der Waals surface area (Å²) in [5.74, 6) is 0. The van der Waals surface area contributed by atoms with E-state index < -0.39 is 0 Å². The summed E-state index contributed by atoms with van der Waals surface area (Å²) in [5, 5.41) is 9.69. The van der Waals surface area contributed by atoms with Crippen molar-refractivity contribution in [2.45, 2.75) is 52.4 Å². The number of benzene rings is 3. The molecular weight excluding hydrogens is 402 g/mol. The van der Waals surface area contributed by atoms with Gasteiger partial charge in [0.05, 0.1) is 5.69 Å². The van der Waals surface area contributed by atoms with Gasteiger partial charge in [-0.05, 0) is 73.8 Å². The predicted molar refractivity (Wildman–Crippen MR) is 141 cm³/mol. The number of nitrogens with zero attached hydrogens (tertiary/aromatic N) is 2. The maximum absolute atomic E-state index is 4.58. The largest absolute Gasteiger partial charge is 0.353 e. The molecule has 0 fully saturated rings. The van der Waals surface area contributed by atoms with Crippen LogP contribution in [0.4, 0.5) is 0 Å². The summed E-state index contributed by atoms with van der Waals surface area (Å²) >= 11 is 0. The summed E-state index contributed by atoms with van der Waals surface area (Å²) in [7, 11) is 1.95. The van der Waals surface area contributed by atoms with Gasteiger partial charge in [-0.3, -0.25) is 4.68 Å². The van der Waals surface area contributed by atoms with Gasteiger partial charge in [-0.15, -0.1) is 0 Å². The number of aryl methyl sites for hydroxylation is 1. The van der Waals surface area contributed by atoms with Gasteiger partial charge in [-0.2, -0.15) is 5.10 Å². The Morgan fingerprint density at radius 1 is 0.667 bits per heavy atom. The van der Waals surface area contributed by atoms with Crippen molar-refractivity contribution < 1.29 is 0 Å². The minimum Gasteiger partial charge on any atom is -0.353 e. The third-order valence-electron chi connectivity index (χ3n) is 6.63. The number of fused-ring (bicyclic) bond motifs is 2. The molecule has 0 aliphatic carbocycles. The van der Waals surface area contributed by atoms with Crippen molar-refractivity contribution >= 4 is 21.5 Å². The summed E-state index contributed by atoms with van der Waals surface area (Å²) in [6.45, 7) is 13.6. The Morgan fingerprint density at radius 2 is 1.33 bits per heavy atom. The predicted octanol–water partition coefficient (Wildman–Crippen LogP) is 7.98. The molecule has 2 aromatic heterocycles. The molecule has 3 nitrogen and oxygen atoms in total. The molecule has 0 amide bonds. The van der Waals surface area contributed by atoms with Crippen LogP contribution in [0.5, 0.6) is 0 Å². The van der Waals surface area contributed by atoms with Crippen LogP contribution >= 0.6 is 0 Å². The van der Waals surface area contributed by atoms with Crippen LogP contribution in [0.1, 0.15) is 52.7 Å². The third-order valence-corrected chi connectivity index (χ3v) is 6.63. The highest BCUT2D eigenvalue weighted by Crippen LogP contribution is 2.40. The van der Waals surface area contributed by atoms with Crippen molar-refractivity contribution in [1.82, 2.24) is 14.8 Å². The van der Waals surface area contributed by atoms with Crippen molar-refractivity contribution in [2.75, 3.05) is 0 Å². The van der Waals surface area contributed by atoms with Crippen LogP contribution in [-0.4, -0.2) is 14.8 Å². The summed E-state index contributed by atoms with van der Waals surface area (Å²) in [6.07, 6.45) is 1.98. The molecule has 0 bridgehead atoms. The van der Waals surface area contributed by atoms with Crippen LogP contribution in [0.25, 0.3) is 44.2 Å². The number of hydrogen-bond donors (Lipinski definition) is 1. The van der Waals surface area contributed by atoms with Gasteiger partial charge in [0.15, 0.2) is 0 Å². The molecule has 33 heavy (non-hydrogen) atoms. The lowest BCUT2D eigenvalue weighted by atomic mass is 9.82. The molecule has 0 saturated heterocycles. The molecule has 0 radical (unpaired) electrons. The van der Waals surface area contributed by atoms with E-state index in [1.54, 1.807) is 0 Å². The minimum absolute atomic E-state index is 0.0887. The normalized spacial score (nSPS) is 12.7. The van der Waals surface area contributed by atoms with Gasteiger partial charge in [0.1, 0.15) is 5.69 Å². The van der Waals surface area contributed by atoms with E-state index in [1.165, 1.54) is 38.2 Å². The summed E-state index contributed by atoms with van der Waals surface area (Å²) < 4.78 is 1.84. The van der Waals surface area contributed by atoms with Crippen molar-refractivity contribution in [3.05, 3.63) is 78.0 Å². The number of hydrogen-bond acceptors (Lipinski definition) is 1. The molecule has 0 aliphatic rings. The van der Waals surface area contributed by atoms with Crippen LogP contribution < -0.4 is 0 Å². The lowest BCUT2D eigenvalue weighted by Crippen LogP contribution is -2.11. The van der Waals surface area contributed by atoms with E-state index in [0.717, 1.165) is 17.1 Å². The molecule has 168 valence electrons. The average Bonchev–Trinajstić information content (AvgIpc) is 3.39. The molecular formula is C30H33N3. The first-order valence-corrected chi connectivity index (χ1v) is 11.7. The molecule has 0 unspecified atom stereocenters. The number of rotatable bonds is 2. The monoisotopic (exact) mass is 435 g/mol. The SMILES string of the molecule is Cn1ccc(-c2ccc(-c3c4ccc(C(C)(C)C)cc4cc4ccc(C(C)(C)C)cc34)[nH]2)n1. The second kappa shape index (κ2) is 7.34. The van der Waals surface area contributed by atoms with E-state index in [9.17, 15) is 0 Å².